The highest BCUT2D eigenvalue weighted by atomic mass is 32.2. The molecule has 0 amide bonds. The Bertz CT molecular complexity index is 1180. The van der Waals surface area contributed by atoms with E-state index in [1.165, 1.54) is 23.9 Å². The van der Waals surface area contributed by atoms with E-state index in [1.54, 1.807) is 12.1 Å². The Labute approximate surface area is 170 Å². The summed E-state index contributed by atoms with van der Waals surface area (Å²) in [5, 5.41) is 12.3. The van der Waals surface area contributed by atoms with Crippen molar-refractivity contribution in [2.75, 3.05) is 11.6 Å². The third-order valence-electron chi connectivity index (χ3n) is 4.53. The van der Waals surface area contributed by atoms with E-state index >= 15 is 0 Å². The number of ether oxygens (including phenoxy) is 1. The van der Waals surface area contributed by atoms with Crippen LogP contribution in [0.5, 0.6) is 5.88 Å². The van der Waals surface area contributed by atoms with Gasteiger partial charge in [-0.25, -0.2) is 4.39 Å². The molecule has 1 N–H and O–H groups in total. The van der Waals surface area contributed by atoms with E-state index in [-0.39, 0.29) is 5.82 Å². The normalized spacial score (nSPS) is 14.9. The molecule has 29 heavy (non-hydrogen) atoms. The summed E-state index contributed by atoms with van der Waals surface area (Å²) in [4.78, 5) is 4.48. The second-order valence-electron chi connectivity index (χ2n) is 6.35. The van der Waals surface area contributed by atoms with Crippen LogP contribution >= 0.6 is 11.8 Å². The maximum Gasteiger partial charge on any atom is 0.247 e. The molecular formula is C21H15FN4O2S. The Balaban J connectivity index is 1.56. The lowest BCUT2D eigenvalue weighted by Crippen LogP contribution is -2.16. The van der Waals surface area contributed by atoms with Crippen LogP contribution in [-0.2, 0) is 0 Å². The van der Waals surface area contributed by atoms with E-state index in [2.05, 4.69) is 20.5 Å². The molecule has 0 fully saturated rings. The fraction of sp³-hybridized carbons (Fsp3) is 0.0952. The fourth-order valence-corrected chi connectivity index (χ4v) is 3.42. The van der Waals surface area contributed by atoms with Gasteiger partial charge in [-0.1, -0.05) is 30.0 Å². The quantitative estimate of drug-likeness (QED) is 0.471. The van der Waals surface area contributed by atoms with E-state index in [1.807, 2.05) is 42.7 Å². The highest BCUT2D eigenvalue weighted by Crippen LogP contribution is 2.40. The molecule has 3 heterocycles. The zero-order valence-corrected chi connectivity index (χ0v) is 16.1. The Morgan fingerprint density at radius 2 is 1.83 bits per heavy atom. The number of furan rings is 1. The van der Waals surface area contributed by atoms with Crippen LogP contribution in [0.15, 0.2) is 70.2 Å². The van der Waals surface area contributed by atoms with Gasteiger partial charge in [0.2, 0.25) is 17.3 Å². The average Bonchev–Trinajstić information content (AvgIpc) is 3.18. The maximum atomic E-state index is 13.2. The van der Waals surface area contributed by atoms with E-state index in [4.69, 9.17) is 9.15 Å². The van der Waals surface area contributed by atoms with Gasteiger partial charge in [-0.2, -0.15) is 4.98 Å². The van der Waals surface area contributed by atoms with Gasteiger partial charge in [-0.15, -0.1) is 10.2 Å². The lowest BCUT2D eigenvalue weighted by molar-refractivity contribution is 0.196. The van der Waals surface area contributed by atoms with Gasteiger partial charge in [0.15, 0.2) is 11.5 Å². The van der Waals surface area contributed by atoms with Gasteiger partial charge in [0.1, 0.15) is 11.6 Å². The topological polar surface area (TPSA) is 73.1 Å². The van der Waals surface area contributed by atoms with Crippen LogP contribution in [0.3, 0.4) is 0 Å². The molecule has 2 aromatic carbocycles. The van der Waals surface area contributed by atoms with Crippen LogP contribution < -0.4 is 10.1 Å². The lowest BCUT2D eigenvalue weighted by Gasteiger charge is -2.16. The molecule has 0 aliphatic carbocycles. The molecule has 8 heteroatoms. The number of benzene rings is 2. The van der Waals surface area contributed by atoms with Gasteiger partial charge >= 0.3 is 0 Å². The van der Waals surface area contributed by atoms with E-state index < -0.39 is 6.23 Å². The molecule has 0 saturated carbocycles. The molecule has 6 nitrogen and oxygen atoms in total. The number of para-hydroxylation sites is 1. The first kappa shape index (κ1) is 17.7. The molecule has 4 aromatic rings. The Kier molecular flexibility index (Phi) is 4.40. The van der Waals surface area contributed by atoms with Crippen LogP contribution in [0, 0.1) is 5.82 Å². The highest BCUT2D eigenvalue weighted by molar-refractivity contribution is 7.98. The first-order valence-electron chi connectivity index (χ1n) is 8.88. The van der Waals surface area contributed by atoms with Crippen LogP contribution in [-0.4, -0.2) is 21.4 Å². The summed E-state index contributed by atoms with van der Waals surface area (Å²) in [6.45, 7) is 0. The number of hydrogen-bond acceptors (Lipinski definition) is 7. The lowest BCUT2D eigenvalue weighted by atomic mass is 10.1. The fourth-order valence-electron chi connectivity index (χ4n) is 3.13. The molecule has 0 radical (unpaired) electrons. The predicted molar refractivity (Wildman–Crippen MR) is 108 cm³/mol. The smallest absolute Gasteiger partial charge is 0.247 e. The van der Waals surface area contributed by atoms with Gasteiger partial charge in [-0.05, 0) is 48.7 Å². The zero-order chi connectivity index (χ0) is 19.8. The van der Waals surface area contributed by atoms with E-state index in [9.17, 15) is 4.39 Å². The summed E-state index contributed by atoms with van der Waals surface area (Å²) >= 11 is 1.39. The van der Waals surface area contributed by atoms with Crippen molar-refractivity contribution in [1.29, 1.82) is 0 Å². The summed E-state index contributed by atoms with van der Waals surface area (Å²) in [6.07, 6.45) is 1.27. The van der Waals surface area contributed by atoms with Crippen molar-refractivity contribution in [2.45, 2.75) is 11.4 Å². The second kappa shape index (κ2) is 7.21. The molecule has 0 saturated heterocycles. The van der Waals surface area contributed by atoms with Crippen LogP contribution in [0.1, 0.15) is 12.0 Å². The van der Waals surface area contributed by atoms with Crippen molar-refractivity contribution < 1.29 is 13.5 Å². The summed E-state index contributed by atoms with van der Waals surface area (Å²) in [5.41, 5.74) is 3.03. The minimum atomic E-state index is -0.613. The van der Waals surface area contributed by atoms with Crippen molar-refractivity contribution in [3.63, 3.8) is 0 Å². The van der Waals surface area contributed by atoms with Crippen LogP contribution in [0.25, 0.3) is 22.6 Å². The van der Waals surface area contributed by atoms with Crippen molar-refractivity contribution in [3.8, 4) is 28.5 Å². The van der Waals surface area contributed by atoms with Gasteiger partial charge in [0, 0.05) is 16.8 Å². The number of thioether (sulfide) groups is 1. The number of hydrogen-bond donors (Lipinski definition) is 1. The van der Waals surface area contributed by atoms with Crippen LogP contribution in [0.2, 0.25) is 0 Å². The number of nitrogens with zero attached hydrogens (tertiary/aromatic N) is 3. The number of nitrogens with one attached hydrogen (secondary N) is 1. The summed E-state index contributed by atoms with van der Waals surface area (Å²) in [7, 11) is 0. The molecule has 0 bridgehead atoms. The monoisotopic (exact) mass is 406 g/mol. The molecular weight excluding hydrogens is 391 g/mol. The van der Waals surface area contributed by atoms with E-state index in [0.29, 0.717) is 28.3 Å². The predicted octanol–water partition coefficient (Wildman–Crippen LogP) is 5.16. The average molecular weight is 406 g/mol. The van der Waals surface area contributed by atoms with Gasteiger partial charge in [-0.3, -0.25) is 0 Å². The molecule has 5 rings (SSSR count). The molecule has 0 spiro atoms. The molecule has 144 valence electrons. The summed E-state index contributed by atoms with van der Waals surface area (Å²) < 4.78 is 25.4. The third kappa shape index (κ3) is 3.31. The van der Waals surface area contributed by atoms with Crippen LogP contribution in [0.4, 0.5) is 10.1 Å². The minimum Gasteiger partial charge on any atom is -0.455 e. The van der Waals surface area contributed by atoms with Crippen molar-refractivity contribution >= 4 is 17.4 Å². The first-order chi connectivity index (χ1) is 14.2. The second-order valence-corrected chi connectivity index (χ2v) is 7.12. The summed E-state index contributed by atoms with van der Waals surface area (Å²) in [5.74, 6) is 1.27. The Morgan fingerprint density at radius 3 is 2.66 bits per heavy atom. The number of rotatable bonds is 3. The largest absolute Gasteiger partial charge is 0.455 e. The number of anilines is 1. The van der Waals surface area contributed by atoms with Crippen molar-refractivity contribution in [2.24, 2.45) is 0 Å². The number of halogens is 1. The maximum absolute atomic E-state index is 13.2. The molecule has 2 aromatic heterocycles. The highest BCUT2D eigenvalue weighted by Gasteiger charge is 2.27. The first-order valence-corrected chi connectivity index (χ1v) is 10.1. The summed E-state index contributed by atoms with van der Waals surface area (Å²) in [6, 6.07) is 17.5. The van der Waals surface area contributed by atoms with E-state index in [0.717, 1.165) is 16.8 Å². The molecule has 1 aliphatic heterocycles. The standard InChI is InChI=1S/C21H15FN4O2S/c1-29-21-24-20-18(25-26-21)14-4-2-3-5-15(14)23-19(28-20)17-11-10-16(27-17)12-6-8-13(22)9-7-12/h2-11,19,23H,1H3/t19-/m0/s1. The van der Waals surface area contributed by atoms with Gasteiger partial charge in [0.05, 0.1) is 0 Å². The molecule has 0 unspecified atom stereocenters. The van der Waals surface area contributed by atoms with Gasteiger partial charge in [0.25, 0.3) is 0 Å². The number of aromatic nitrogens is 3. The SMILES string of the molecule is CSc1nnc2c(n1)O[C@@H](c1ccc(-c3ccc(F)cc3)o1)Nc1ccccc1-2. The Hall–Kier alpha value is -3.39. The Morgan fingerprint density at radius 1 is 1.00 bits per heavy atom. The third-order valence-corrected chi connectivity index (χ3v) is 5.07. The molecule has 1 atom stereocenters. The molecule has 1 aliphatic rings. The van der Waals surface area contributed by atoms with Crippen molar-refractivity contribution in [3.05, 3.63) is 72.2 Å². The minimum absolute atomic E-state index is 0.292. The van der Waals surface area contributed by atoms with Gasteiger partial charge < -0.3 is 14.5 Å². The van der Waals surface area contributed by atoms with Crippen molar-refractivity contribution in [1.82, 2.24) is 15.2 Å². The number of fused-ring (bicyclic) bond motifs is 3. The zero-order valence-electron chi connectivity index (χ0n) is 15.3.